The molecule has 0 radical (unpaired) electrons. The number of aromatic amines is 1. The van der Waals surface area contributed by atoms with Crippen LogP contribution < -0.4 is 27.4 Å². The number of amides is 3. The van der Waals surface area contributed by atoms with Gasteiger partial charge in [-0.3, -0.25) is 19.4 Å². The molecule has 9 N–H and O–H groups in total. The van der Waals surface area contributed by atoms with E-state index < -0.39 is 46.9 Å². The Morgan fingerprint density at radius 3 is 2.21 bits per heavy atom. The Morgan fingerprint density at radius 1 is 1.04 bits per heavy atom. The van der Waals surface area contributed by atoms with E-state index in [2.05, 4.69) is 25.9 Å². The molecule has 13 heteroatoms. The Morgan fingerprint density at radius 2 is 1.67 bits per heavy atom. The lowest BCUT2D eigenvalue weighted by Gasteiger charge is -2.39. The number of carbonyl (C=O) groups is 4. The van der Waals surface area contributed by atoms with Crippen molar-refractivity contribution < 1.29 is 24.3 Å². The molecule has 2 rings (SSSR count). The van der Waals surface area contributed by atoms with E-state index in [0.717, 1.165) is 16.5 Å². The summed E-state index contributed by atoms with van der Waals surface area (Å²) in [5.41, 5.74) is 11.5. The topological polar surface area (TPSA) is 208 Å². The number of carboxylic acid groups (broad SMARTS) is 1. The first-order valence-electron chi connectivity index (χ1n) is 16.3. The van der Waals surface area contributed by atoms with Gasteiger partial charge in [0.15, 0.2) is 5.96 Å². The van der Waals surface area contributed by atoms with E-state index in [1.807, 2.05) is 78.9 Å². The number of benzene rings is 1. The van der Waals surface area contributed by atoms with Crippen LogP contribution in [0.3, 0.4) is 0 Å². The van der Waals surface area contributed by atoms with Crippen molar-refractivity contribution in [3.05, 3.63) is 47.7 Å². The van der Waals surface area contributed by atoms with Gasteiger partial charge in [-0.2, -0.15) is 0 Å². The number of nitrogens with two attached hydrogens (primary N) is 2. The van der Waals surface area contributed by atoms with Gasteiger partial charge in [-0.25, -0.2) is 4.79 Å². The maximum atomic E-state index is 14.2. The first-order chi connectivity index (χ1) is 22.2. The number of para-hydroxylation sites is 1. The molecular weight excluding hydrogens is 612 g/mol. The Bertz CT molecular complexity index is 1500. The number of rotatable bonds is 16. The van der Waals surface area contributed by atoms with Gasteiger partial charge in [0.1, 0.15) is 12.1 Å². The zero-order valence-electron chi connectivity index (χ0n) is 30.1. The van der Waals surface area contributed by atoms with E-state index in [0.29, 0.717) is 6.42 Å². The largest absolute Gasteiger partial charge is 0.480 e. The number of nitrogens with zero attached hydrogens (tertiary/aromatic N) is 2. The van der Waals surface area contributed by atoms with Gasteiger partial charge in [-0.15, -0.1) is 0 Å². The van der Waals surface area contributed by atoms with Crippen LogP contribution in [0.2, 0.25) is 0 Å². The van der Waals surface area contributed by atoms with E-state index >= 15 is 0 Å². The van der Waals surface area contributed by atoms with Gasteiger partial charge >= 0.3 is 5.97 Å². The van der Waals surface area contributed by atoms with Crippen LogP contribution in [-0.4, -0.2) is 89.4 Å². The second-order valence-corrected chi connectivity index (χ2v) is 14.3. The number of aliphatic imine (C=N–C) groups is 1. The molecule has 0 bridgehead atoms. The van der Waals surface area contributed by atoms with Crippen LogP contribution in [0, 0.1) is 11.3 Å². The van der Waals surface area contributed by atoms with E-state index in [1.54, 1.807) is 32.0 Å². The summed E-state index contributed by atoms with van der Waals surface area (Å²) in [5, 5.41) is 19.5. The maximum Gasteiger partial charge on any atom is 0.326 e. The molecule has 0 spiro atoms. The first-order valence-corrected chi connectivity index (χ1v) is 16.3. The van der Waals surface area contributed by atoms with Gasteiger partial charge in [0.2, 0.25) is 17.7 Å². The fourth-order valence-corrected chi connectivity index (χ4v) is 5.92. The number of hydrogen-bond donors (Lipinski definition) is 7. The normalized spacial score (nSPS) is 14.9. The number of aliphatic carboxylic acids is 1. The predicted octanol–water partition coefficient (Wildman–Crippen LogP) is 2.62. The van der Waals surface area contributed by atoms with Gasteiger partial charge in [-0.1, -0.05) is 72.7 Å². The lowest BCUT2D eigenvalue weighted by molar-refractivity contribution is -0.141. The van der Waals surface area contributed by atoms with Crippen LogP contribution in [0.5, 0.6) is 0 Å². The predicted molar refractivity (Wildman–Crippen MR) is 190 cm³/mol. The van der Waals surface area contributed by atoms with Crippen molar-refractivity contribution in [2.24, 2.45) is 27.8 Å². The van der Waals surface area contributed by atoms with Crippen molar-refractivity contribution in [1.82, 2.24) is 25.8 Å². The van der Waals surface area contributed by atoms with Gasteiger partial charge in [0, 0.05) is 41.7 Å². The molecule has 0 aliphatic heterocycles. The molecule has 2 aromatic rings. The summed E-state index contributed by atoms with van der Waals surface area (Å²) in [4.78, 5) is 61.8. The average Bonchev–Trinajstić information content (AvgIpc) is 3.43. The minimum atomic E-state index is -1.18. The van der Waals surface area contributed by atoms with Crippen molar-refractivity contribution in [3.8, 4) is 0 Å². The molecule has 266 valence electrons. The molecule has 4 atom stereocenters. The second kappa shape index (κ2) is 16.6. The fourth-order valence-electron chi connectivity index (χ4n) is 5.92. The molecular formula is C35H56N8O5. The monoisotopic (exact) mass is 668 g/mol. The standard InChI is InChI=1S/C35H56N8O5/c1-20(2)26(18-21(3)29(44)41-25(32(47)48)16-13-17-39-33(36)37)43(10)31(46)28(34(4,5)6)42-30(45)27(38-9)35(7,8)23-19-40-24-15-12-11-14-22(23)24/h11-12,14-15,18-20,25-28,38,40H,13,16-17H2,1-10H3,(H,41,44)(H,42,45)(H,47,48)(H4,36,37,39)/t25-,26+,27+,28+/m0/s1. The van der Waals surface area contributed by atoms with Crippen LogP contribution >= 0.6 is 0 Å². The molecule has 1 aromatic carbocycles. The molecule has 0 saturated heterocycles. The highest BCUT2D eigenvalue weighted by Crippen LogP contribution is 2.34. The molecule has 0 unspecified atom stereocenters. The number of hydrogen-bond acceptors (Lipinski definition) is 6. The summed E-state index contributed by atoms with van der Waals surface area (Å²) in [7, 11) is 3.38. The molecule has 0 fully saturated rings. The summed E-state index contributed by atoms with van der Waals surface area (Å²) in [6.07, 6.45) is 4.08. The minimum absolute atomic E-state index is 0.0903. The SMILES string of the molecule is CN[C@H](C(=O)N[C@H](C(=O)N(C)[C@H](C=C(C)C(=O)N[C@@H](CCCN=C(N)N)C(=O)O)C(C)C)C(C)(C)C)C(C)(C)c1c[nH]c2ccccc12. The van der Waals surface area contributed by atoms with Crippen LogP contribution in [-0.2, 0) is 24.6 Å². The van der Waals surface area contributed by atoms with Gasteiger partial charge in [0.05, 0.1) is 12.1 Å². The van der Waals surface area contributed by atoms with E-state index in [-0.39, 0.29) is 42.2 Å². The number of nitrogens with one attached hydrogen (secondary N) is 4. The van der Waals surface area contributed by atoms with Crippen LogP contribution in [0.4, 0.5) is 0 Å². The van der Waals surface area contributed by atoms with Crippen molar-refractivity contribution in [3.63, 3.8) is 0 Å². The Kier molecular flexibility index (Phi) is 13.8. The second-order valence-electron chi connectivity index (χ2n) is 14.3. The number of carbonyl (C=O) groups excluding carboxylic acids is 3. The number of aromatic nitrogens is 1. The number of carboxylic acids is 1. The molecule has 1 aromatic heterocycles. The van der Waals surface area contributed by atoms with Crippen LogP contribution in [0.25, 0.3) is 10.9 Å². The summed E-state index contributed by atoms with van der Waals surface area (Å²) in [5.74, 6) is -2.58. The molecule has 0 aliphatic carbocycles. The van der Waals surface area contributed by atoms with Crippen molar-refractivity contribution in [2.75, 3.05) is 20.6 Å². The summed E-state index contributed by atoms with van der Waals surface area (Å²) < 4.78 is 0. The molecule has 3 amide bonds. The highest BCUT2D eigenvalue weighted by molar-refractivity contribution is 5.96. The zero-order valence-corrected chi connectivity index (χ0v) is 30.1. The molecule has 13 nitrogen and oxygen atoms in total. The maximum absolute atomic E-state index is 14.2. The highest BCUT2D eigenvalue weighted by atomic mass is 16.4. The van der Waals surface area contributed by atoms with Gasteiger partial charge in [-0.05, 0) is 49.8 Å². The van der Waals surface area contributed by atoms with Crippen molar-refractivity contribution >= 4 is 40.6 Å². The summed E-state index contributed by atoms with van der Waals surface area (Å²) in [6.45, 7) is 15.3. The Labute approximate surface area is 284 Å². The van der Waals surface area contributed by atoms with E-state index in [1.165, 1.54) is 0 Å². The van der Waals surface area contributed by atoms with Gasteiger partial charge in [0.25, 0.3) is 0 Å². The third kappa shape index (κ3) is 10.1. The molecule has 48 heavy (non-hydrogen) atoms. The third-order valence-corrected chi connectivity index (χ3v) is 8.76. The van der Waals surface area contributed by atoms with E-state index in [4.69, 9.17) is 11.5 Å². The fraction of sp³-hybridized carbons (Fsp3) is 0.571. The third-order valence-electron chi connectivity index (χ3n) is 8.76. The molecule has 0 aliphatic rings. The Balaban J connectivity index is 2.30. The quantitative estimate of drug-likeness (QED) is 0.0611. The Hall–Kier alpha value is -4.39. The summed E-state index contributed by atoms with van der Waals surface area (Å²) in [6, 6.07) is 4.68. The first kappa shape index (κ1) is 39.8. The lowest BCUT2D eigenvalue weighted by Crippen LogP contribution is -2.61. The van der Waals surface area contributed by atoms with Crippen LogP contribution in [0.15, 0.2) is 47.1 Å². The zero-order chi connectivity index (χ0) is 36.6. The number of likely N-dealkylation sites (N-methyl/N-ethyl adjacent to an activating group) is 2. The minimum Gasteiger partial charge on any atom is -0.480 e. The lowest BCUT2D eigenvalue weighted by atomic mass is 9.76. The van der Waals surface area contributed by atoms with E-state index in [9.17, 15) is 24.3 Å². The summed E-state index contributed by atoms with van der Waals surface area (Å²) >= 11 is 0. The average molecular weight is 669 g/mol. The number of guanidine groups is 1. The van der Waals surface area contributed by atoms with Crippen molar-refractivity contribution in [1.29, 1.82) is 0 Å². The number of H-pyrrole nitrogens is 1. The number of fused-ring (bicyclic) bond motifs is 1. The van der Waals surface area contributed by atoms with Crippen molar-refractivity contribution in [2.45, 2.75) is 97.8 Å². The van der Waals surface area contributed by atoms with Crippen LogP contribution in [0.1, 0.15) is 73.8 Å². The smallest absolute Gasteiger partial charge is 0.326 e. The van der Waals surface area contributed by atoms with Gasteiger partial charge < -0.3 is 42.4 Å². The molecule has 1 heterocycles. The highest BCUT2D eigenvalue weighted by Gasteiger charge is 2.42. The molecule has 0 saturated carbocycles.